The van der Waals surface area contributed by atoms with E-state index in [1.165, 1.54) is 167 Å². The monoisotopic (exact) mass is 1030 g/mol. The molecule has 428 valence electrons. The van der Waals surface area contributed by atoms with E-state index in [1.54, 1.807) is 0 Å². The third kappa shape index (κ3) is 59.7. The highest BCUT2D eigenvalue weighted by Crippen LogP contribution is 2.17. The Kier molecular flexibility index (Phi) is 59.7. The Bertz CT molecular complexity index is 1370. The van der Waals surface area contributed by atoms with E-state index in [0.29, 0.717) is 19.3 Å². The molecule has 0 rings (SSSR count). The maximum absolute atomic E-state index is 12.8. The highest BCUT2D eigenvalue weighted by molar-refractivity contribution is 5.71. The zero-order chi connectivity index (χ0) is 53.6. The van der Waals surface area contributed by atoms with Gasteiger partial charge in [-0.25, -0.2) is 0 Å². The Labute approximate surface area is 459 Å². The molecule has 0 saturated heterocycles. The first-order chi connectivity index (χ1) is 36.5. The second-order valence-electron chi connectivity index (χ2n) is 21.3. The first kappa shape index (κ1) is 70.8. The van der Waals surface area contributed by atoms with Crippen LogP contribution in [-0.4, -0.2) is 37.2 Å². The van der Waals surface area contributed by atoms with Crippen LogP contribution in [0.4, 0.5) is 0 Å². The summed E-state index contributed by atoms with van der Waals surface area (Å²) in [6, 6.07) is 0. The molecule has 0 aliphatic carbocycles. The number of allylic oxidation sites excluding steroid dienone is 12. The zero-order valence-corrected chi connectivity index (χ0v) is 49.1. The van der Waals surface area contributed by atoms with Crippen LogP contribution in [0.2, 0.25) is 0 Å². The van der Waals surface area contributed by atoms with Crippen LogP contribution in [0.3, 0.4) is 0 Å². The maximum atomic E-state index is 12.8. The van der Waals surface area contributed by atoms with E-state index in [9.17, 15) is 14.4 Å². The van der Waals surface area contributed by atoms with Gasteiger partial charge in [-0.3, -0.25) is 14.4 Å². The number of rotatable bonds is 58. The molecule has 0 aromatic rings. The van der Waals surface area contributed by atoms with Gasteiger partial charge in [0.2, 0.25) is 0 Å². The van der Waals surface area contributed by atoms with Crippen LogP contribution in [0.15, 0.2) is 72.9 Å². The van der Waals surface area contributed by atoms with Crippen LogP contribution in [-0.2, 0) is 28.6 Å². The smallest absolute Gasteiger partial charge is 0.306 e. The van der Waals surface area contributed by atoms with Crippen LogP contribution in [0.1, 0.15) is 323 Å². The number of carbonyl (C=O) groups excluding carboxylic acids is 3. The molecule has 0 aliphatic rings. The third-order valence-electron chi connectivity index (χ3n) is 13.9. The highest BCUT2D eigenvalue weighted by Gasteiger charge is 2.19. The van der Waals surface area contributed by atoms with Gasteiger partial charge in [-0.15, -0.1) is 0 Å². The predicted molar refractivity (Wildman–Crippen MR) is 321 cm³/mol. The van der Waals surface area contributed by atoms with Gasteiger partial charge in [0.05, 0.1) is 0 Å². The minimum atomic E-state index is -0.776. The molecule has 74 heavy (non-hydrogen) atoms. The molecule has 0 heterocycles. The molecule has 0 aromatic heterocycles. The third-order valence-corrected chi connectivity index (χ3v) is 13.9. The quantitative estimate of drug-likeness (QED) is 0.0261. The summed E-state index contributed by atoms with van der Waals surface area (Å²) < 4.78 is 16.7. The Hall–Kier alpha value is -3.15. The first-order valence-electron chi connectivity index (χ1n) is 31.9. The summed E-state index contributed by atoms with van der Waals surface area (Å²) in [7, 11) is 0. The summed E-state index contributed by atoms with van der Waals surface area (Å²) >= 11 is 0. The van der Waals surface area contributed by atoms with Gasteiger partial charge in [0.25, 0.3) is 0 Å². The lowest BCUT2D eigenvalue weighted by Crippen LogP contribution is -2.30. The van der Waals surface area contributed by atoms with Gasteiger partial charge in [0.15, 0.2) is 6.10 Å². The van der Waals surface area contributed by atoms with E-state index in [0.717, 1.165) is 116 Å². The van der Waals surface area contributed by atoms with Crippen LogP contribution < -0.4 is 0 Å². The molecule has 0 aliphatic heterocycles. The SMILES string of the molecule is CC/C=C\C/C=C\C/C=C\C/C=C\CCCCCCCCCCCCCCCCCCCCCCCCC(=O)OCC(COC(=O)CCCCCCC)OC(=O)CCCCCCC/C=C\C/C=C\CCCCCC. The molecule has 1 atom stereocenters. The molecule has 0 aromatic carbocycles. The standard InChI is InChI=1S/C68H120O6/c1-4-7-10-13-15-17-19-21-23-25-26-27-28-29-30-31-32-33-34-35-36-37-38-39-40-41-42-43-45-46-48-50-52-55-58-61-67(70)73-64-65(63-72-66(69)60-57-54-12-9-6-3)74-68(71)62-59-56-53-51-49-47-44-24-22-20-18-16-14-11-8-5-2/h7,10,15,17-18,20-21,23-24,26-27,44,65H,4-6,8-9,11-14,16,19,22,25,28-43,45-64H2,1-3H3/b10-7-,17-15-,20-18-,23-21-,27-26-,44-24-. The number of hydrogen-bond donors (Lipinski definition) is 0. The highest BCUT2D eigenvalue weighted by atomic mass is 16.6. The van der Waals surface area contributed by atoms with Gasteiger partial charge < -0.3 is 14.2 Å². The topological polar surface area (TPSA) is 78.9 Å². The number of carbonyl (C=O) groups is 3. The first-order valence-corrected chi connectivity index (χ1v) is 31.9. The minimum absolute atomic E-state index is 0.0769. The summed E-state index contributed by atoms with van der Waals surface area (Å²) in [4.78, 5) is 37.8. The molecule has 0 saturated carbocycles. The fourth-order valence-corrected chi connectivity index (χ4v) is 9.17. The van der Waals surface area contributed by atoms with Crippen molar-refractivity contribution in [3.63, 3.8) is 0 Å². The Balaban J connectivity index is 3.89. The van der Waals surface area contributed by atoms with Crippen molar-refractivity contribution in [2.45, 2.75) is 329 Å². The van der Waals surface area contributed by atoms with Gasteiger partial charge in [-0.2, -0.15) is 0 Å². The van der Waals surface area contributed by atoms with Gasteiger partial charge >= 0.3 is 17.9 Å². The lowest BCUT2D eigenvalue weighted by atomic mass is 10.0. The van der Waals surface area contributed by atoms with Crippen molar-refractivity contribution in [2.24, 2.45) is 0 Å². The van der Waals surface area contributed by atoms with E-state index in [4.69, 9.17) is 14.2 Å². The molecule has 0 amide bonds. The summed E-state index contributed by atoms with van der Waals surface area (Å²) in [6.07, 6.45) is 81.2. The van der Waals surface area contributed by atoms with Crippen LogP contribution in [0.25, 0.3) is 0 Å². The van der Waals surface area contributed by atoms with Gasteiger partial charge in [-0.05, 0) is 89.9 Å². The number of esters is 3. The molecule has 0 fully saturated rings. The fraction of sp³-hybridized carbons (Fsp3) is 0.779. The van der Waals surface area contributed by atoms with Crippen LogP contribution >= 0.6 is 0 Å². The molecule has 6 heteroatoms. The normalized spacial score (nSPS) is 12.5. The number of unbranched alkanes of at least 4 members (excludes halogenated alkanes) is 35. The second-order valence-corrected chi connectivity index (χ2v) is 21.3. The molecule has 6 nitrogen and oxygen atoms in total. The zero-order valence-electron chi connectivity index (χ0n) is 49.1. The summed E-state index contributed by atoms with van der Waals surface area (Å²) in [5.74, 6) is -0.892. The molecule has 0 radical (unpaired) electrons. The number of hydrogen-bond acceptors (Lipinski definition) is 6. The van der Waals surface area contributed by atoms with Crippen molar-refractivity contribution in [3.8, 4) is 0 Å². The molecular weight excluding hydrogens is 913 g/mol. The average Bonchev–Trinajstić information content (AvgIpc) is 3.40. The van der Waals surface area contributed by atoms with Gasteiger partial charge in [0.1, 0.15) is 13.2 Å². The molecule has 0 spiro atoms. The number of ether oxygens (including phenoxy) is 3. The van der Waals surface area contributed by atoms with Crippen LogP contribution in [0.5, 0.6) is 0 Å². The average molecular weight is 1030 g/mol. The molecule has 1 unspecified atom stereocenters. The second kappa shape index (κ2) is 62.4. The van der Waals surface area contributed by atoms with Gasteiger partial charge in [0, 0.05) is 19.3 Å². The lowest BCUT2D eigenvalue weighted by Gasteiger charge is -2.18. The molecule has 0 bridgehead atoms. The molecule has 0 N–H and O–H groups in total. The minimum Gasteiger partial charge on any atom is -0.462 e. The van der Waals surface area contributed by atoms with Crippen molar-refractivity contribution < 1.29 is 28.6 Å². The van der Waals surface area contributed by atoms with E-state index in [-0.39, 0.29) is 31.1 Å². The maximum Gasteiger partial charge on any atom is 0.306 e. The largest absolute Gasteiger partial charge is 0.462 e. The Morgan fingerprint density at radius 3 is 0.838 bits per heavy atom. The Morgan fingerprint density at radius 1 is 0.284 bits per heavy atom. The predicted octanol–water partition coefficient (Wildman–Crippen LogP) is 21.7. The van der Waals surface area contributed by atoms with Crippen molar-refractivity contribution in [1.29, 1.82) is 0 Å². The van der Waals surface area contributed by atoms with E-state index in [1.807, 2.05) is 0 Å². The van der Waals surface area contributed by atoms with E-state index < -0.39 is 6.10 Å². The lowest BCUT2D eigenvalue weighted by molar-refractivity contribution is -0.167. The van der Waals surface area contributed by atoms with Crippen molar-refractivity contribution in [1.82, 2.24) is 0 Å². The van der Waals surface area contributed by atoms with Crippen LogP contribution in [0, 0.1) is 0 Å². The van der Waals surface area contributed by atoms with E-state index in [2.05, 4.69) is 93.7 Å². The Morgan fingerprint density at radius 2 is 0.527 bits per heavy atom. The van der Waals surface area contributed by atoms with Crippen molar-refractivity contribution >= 4 is 17.9 Å². The fourth-order valence-electron chi connectivity index (χ4n) is 9.17. The van der Waals surface area contributed by atoms with Crippen molar-refractivity contribution in [2.75, 3.05) is 13.2 Å². The summed E-state index contributed by atoms with van der Waals surface area (Å²) in [5.41, 5.74) is 0. The summed E-state index contributed by atoms with van der Waals surface area (Å²) in [5, 5.41) is 0. The van der Waals surface area contributed by atoms with E-state index >= 15 is 0 Å². The van der Waals surface area contributed by atoms with Crippen molar-refractivity contribution in [3.05, 3.63) is 72.9 Å². The van der Waals surface area contributed by atoms with Gasteiger partial charge in [-0.1, -0.05) is 286 Å². The molecular formula is C68H120O6. The summed E-state index contributed by atoms with van der Waals surface area (Å²) in [6.45, 7) is 6.44.